The summed E-state index contributed by atoms with van der Waals surface area (Å²) >= 11 is 0. The molecule has 4 nitrogen and oxygen atoms in total. The molecular weight excluding hydrogens is 406 g/mol. The molecule has 1 aromatic heterocycles. The third kappa shape index (κ3) is 3.57. The highest BCUT2D eigenvalue weighted by Gasteiger charge is 2.47. The number of aryl methyl sites for hydroxylation is 2. The Bertz CT molecular complexity index is 1220. The summed E-state index contributed by atoms with van der Waals surface area (Å²) in [7, 11) is 0. The smallest absolute Gasteiger partial charge is 0.151 e. The first-order valence-corrected chi connectivity index (χ1v) is 12.2. The van der Waals surface area contributed by atoms with Crippen LogP contribution in [0.3, 0.4) is 0 Å². The molecule has 0 saturated heterocycles. The van der Waals surface area contributed by atoms with Crippen LogP contribution in [0.2, 0.25) is 0 Å². The third-order valence-corrected chi connectivity index (χ3v) is 8.15. The van der Waals surface area contributed by atoms with Crippen molar-refractivity contribution >= 4 is 11.5 Å². The van der Waals surface area contributed by atoms with E-state index in [0.717, 1.165) is 49.3 Å². The van der Waals surface area contributed by atoms with Crippen LogP contribution in [0.25, 0.3) is 0 Å². The van der Waals surface area contributed by atoms with Crippen molar-refractivity contribution in [3.05, 3.63) is 94.5 Å². The Morgan fingerprint density at radius 3 is 2.76 bits per heavy atom. The van der Waals surface area contributed by atoms with Crippen LogP contribution in [-0.2, 0) is 18.3 Å². The first-order valence-electron chi connectivity index (χ1n) is 12.2. The average Bonchev–Trinajstić information content (AvgIpc) is 3.21. The SMILES string of the molecule is Cc1nccnc1Nc1ccc2c(c1)CCC1=C3CC(O)CC3CCC12Cc1ccccc1. The highest BCUT2D eigenvalue weighted by molar-refractivity contribution is 5.62. The van der Waals surface area contributed by atoms with Crippen LogP contribution in [0, 0.1) is 12.8 Å². The number of nitrogens with zero attached hydrogens (tertiary/aromatic N) is 2. The van der Waals surface area contributed by atoms with Crippen LogP contribution < -0.4 is 5.32 Å². The van der Waals surface area contributed by atoms with E-state index in [0.29, 0.717) is 5.92 Å². The lowest BCUT2D eigenvalue weighted by Crippen LogP contribution is -2.40. The molecule has 2 N–H and O–H groups in total. The summed E-state index contributed by atoms with van der Waals surface area (Å²) in [5, 5.41) is 13.9. The summed E-state index contributed by atoms with van der Waals surface area (Å²) < 4.78 is 0. The molecule has 1 saturated carbocycles. The van der Waals surface area contributed by atoms with Gasteiger partial charge < -0.3 is 10.4 Å². The maximum Gasteiger partial charge on any atom is 0.151 e. The van der Waals surface area contributed by atoms with Gasteiger partial charge >= 0.3 is 0 Å². The highest BCUT2D eigenvalue weighted by atomic mass is 16.3. The van der Waals surface area contributed by atoms with Crippen molar-refractivity contribution in [2.75, 3.05) is 5.32 Å². The predicted octanol–water partition coefficient (Wildman–Crippen LogP) is 5.82. The van der Waals surface area contributed by atoms with Crippen molar-refractivity contribution < 1.29 is 5.11 Å². The second-order valence-electron chi connectivity index (χ2n) is 10.1. The van der Waals surface area contributed by atoms with Crippen LogP contribution in [0.4, 0.5) is 11.5 Å². The predicted molar refractivity (Wildman–Crippen MR) is 132 cm³/mol. The Morgan fingerprint density at radius 1 is 1.06 bits per heavy atom. The minimum Gasteiger partial charge on any atom is -0.393 e. The van der Waals surface area contributed by atoms with E-state index in [-0.39, 0.29) is 11.5 Å². The number of hydrogen-bond donors (Lipinski definition) is 2. The number of aliphatic hydroxyl groups excluding tert-OH is 1. The van der Waals surface area contributed by atoms with E-state index in [9.17, 15) is 5.11 Å². The molecule has 1 heterocycles. The molecule has 33 heavy (non-hydrogen) atoms. The number of aromatic nitrogens is 2. The summed E-state index contributed by atoms with van der Waals surface area (Å²) in [6.07, 6.45) is 10.7. The molecule has 4 heteroatoms. The zero-order valence-corrected chi connectivity index (χ0v) is 19.2. The zero-order valence-electron chi connectivity index (χ0n) is 19.2. The second-order valence-corrected chi connectivity index (χ2v) is 10.1. The first-order chi connectivity index (χ1) is 16.1. The molecule has 0 bridgehead atoms. The van der Waals surface area contributed by atoms with Gasteiger partial charge in [-0.2, -0.15) is 0 Å². The number of benzene rings is 2. The number of fused-ring (bicyclic) bond motifs is 4. The molecule has 168 valence electrons. The molecule has 1 fully saturated rings. The van der Waals surface area contributed by atoms with Crippen molar-refractivity contribution in [1.82, 2.24) is 9.97 Å². The summed E-state index contributed by atoms with van der Waals surface area (Å²) in [6, 6.07) is 17.9. The number of anilines is 2. The third-order valence-electron chi connectivity index (χ3n) is 8.15. The van der Waals surface area contributed by atoms with Gasteiger partial charge in [-0.3, -0.25) is 4.98 Å². The van der Waals surface area contributed by atoms with Crippen molar-refractivity contribution in [3.63, 3.8) is 0 Å². The maximum absolute atomic E-state index is 10.5. The van der Waals surface area contributed by atoms with Gasteiger partial charge in [-0.25, -0.2) is 4.98 Å². The van der Waals surface area contributed by atoms with Gasteiger partial charge in [0.15, 0.2) is 5.82 Å². The zero-order chi connectivity index (χ0) is 22.4. The monoisotopic (exact) mass is 437 g/mol. The number of rotatable bonds is 4. The number of allylic oxidation sites excluding steroid dienone is 1. The average molecular weight is 438 g/mol. The van der Waals surface area contributed by atoms with Crippen molar-refractivity contribution in [2.45, 2.75) is 63.4 Å². The van der Waals surface area contributed by atoms with E-state index in [1.807, 2.05) is 6.92 Å². The molecule has 3 atom stereocenters. The molecule has 3 unspecified atom stereocenters. The molecule has 3 aliphatic rings. The molecule has 0 radical (unpaired) electrons. The molecule has 0 aliphatic heterocycles. The second kappa shape index (κ2) is 8.11. The van der Waals surface area contributed by atoms with Crippen molar-refractivity contribution in [3.8, 4) is 0 Å². The van der Waals surface area contributed by atoms with E-state index >= 15 is 0 Å². The van der Waals surface area contributed by atoms with Gasteiger partial charge in [-0.15, -0.1) is 0 Å². The van der Waals surface area contributed by atoms with Crippen LogP contribution in [0.1, 0.15) is 54.5 Å². The van der Waals surface area contributed by atoms with Crippen LogP contribution in [-0.4, -0.2) is 21.2 Å². The minimum atomic E-state index is -0.159. The fourth-order valence-corrected chi connectivity index (χ4v) is 6.72. The number of hydrogen-bond acceptors (Lipinski definition) is 4. The van der Waals surface area contributed by atoms with Gasteiger partial charge in [-0.1, -0.05) is 47.5 Å². The molecular formula is C29H31N3O. The van der Waals surface area contributed by atoms with Crippen LogP contribution >= 0.6 is 0 Å². The van der Waals surface area contributed by atoms with Gasteiger partial charge in [0.2, 0.25) is 0 Å². The number of nitrogens with one attached hydrogen (secondary N) is 1. The van der Waals surface area contributed by atoms with E-state index in [1.54, 1.807) is 23.5 Å². The Hall–Kier alpha value is -2.98. The lowest BCUT2D eigenvalue weighted by molar-refractivity contribution is 0.177. The minimum absolute atomic E-state index is 0.0474. The lowest BCUT2D eigenvalue weighted by Gasteiger charge is -2.47. The molecule has 2 aromatic carbocycles. The van der Waals surface area contributed by atoms with E-state index in [2.05, 4.69) is 63.8 Å². The maximum atomic E-state index is 10.5. The Morgan fingerprint density at radius 2 is 1.91 bits per heavy atom. The highest BCUT2D eigenvalue weighted by Crippen LogP contribution is 2.56. The molecule has 0 spiro atoms. The van der Waals surface area contributed by atoms with Gasteiger partial charge in [0.05, 0.1) is 11.8 Å². The van der Waals surface area contributed by atoms with Gasteiger partial charge in [0, 0.05) is 23.5 Å². The van der Waals surface area contributed by atoms with Crippen LogP contribution in [0.15, 0.2) is 72.1 Å². The Kier molecular flexibility index (Phi) is 5.06. The molecule has 6 rings (SSSR count). The summed E-state index contributed by atoms with van der Waals surface area (Å²) in [4.78, 5) is 8.82. The van der Waals surface area contributed by atoms with Crippen molar-refractivity contribution in [2.24, 2.45) is 5.92 Å². The van der Waals surface area contributed by atoms with Gasteiger partial charge in [0.25, 0.3) is 0 Å². The quantitative estimate of drug-likeness (QED) is 0.505. The standard InChI is InChI=1S/C29H31N3O/c1-19-28(31-14-13-30-19)32-23-8-10-26-22(15-23)7-9-27-25-17-24(33)16-21(25)11-12-29(26,27)18-20-5-3-2-4-6-20/h2-6,8,10,13-15,21,24,33H,7,9,11-12,16-18H2,1H3,(H,31,32). The Balaban J connectivity index is 1.44. The van der Waals surface area contributed by atoms with Crippen LogP contribution in [0.5, 0.6) is 0 Å². The summed E-state index contributed by atoms with van der Waals surface area (Å²) in [6.45, 7) is 1.98. The molecule has 3 aliphatic carbocycles. The van der Waals surface area contributed by atoms with E-state index < -0.39 is 0 Å². The van der Waals surface area contributed by atoms with Gasteiger partial charge in [0.1, 0.15) is 0 Å². The summed E-state index contributed by atoms with van der Waals surface area (Å²) in [5.74, 6) is 1.40. The lowest BCUT2D eigenvalue weighted by atomic mass is 9.56. The van der Waals surface area contributed by atoms with Gasteiger partial charge in [-0.05, 0) is 86.6 Å². The Labute approximate surface area is 195 Å². The largest absolute Gasteiger partial charge is 0.393 e. The first kappa shape index (κ1) is 20.6. The number of aliphatic hydroxyl groups is 1. The van der Waals surface area contributed by atoms with E-state index in [1.165, 1.54) is 29.5 Å². The van der Waals surface area contributed by atoms with E-state index in [4.69, 9.17) is 0 Å². The molecule has 3 aromatic rings. The van der Waals surface area contributed by atoms with Crippen molar-refractivity contribution in [1.29, 1.82) is 0 Å². The molecule has 0 amide bonds. The fourth-order valence-electron chi connectivity index (χ4n) is 6.72. The fraction of sp³-hybridized carbons (Fsp3) is 0.379. The normalized spacial score (nSPS) is 25.9. The summed E-state index contributed by atoms with van der Waals surface area (Å²) in [5.41, 5.74) is 9.57. The topological polar surface area (TPSA) is 58.0 Å².